The van der Waals surface area contributed by atoms with Crippen molar-refractivity contribution >= 4 is 26.0 Å². The van der Waals surface area contributed by atoms with Crippen LogP contribution in [0, 0.1) is 0 Å². The van der Waals surface area contributed by atoms with Crippen molar-refractivity contribution < 1.29 is 14.0 Å². The molecule has 0 spiro atoms. The first kappa shape index (κ1) is 12.6. The molecule has 5 heteroatoms. The van der Waals surface area contributed by atoms with E-state index in [1.165, 1.54) is 0 Å². The molecule has 0 aliphatic carbocycles. The Labute approximate surface area is 84.9 Å². The molecule has 3 nitrogen and oxygen atoms in total. The summed E-state index contributed by atoms with van der Waals surface area (Å²) < 4.78 is 10.7. The van der Waals surface area contributed by atoms with Crippen molar-refractivity contribution in [1.82, 2.24) is 0 Å². The van der Waals surface area contributed by atoms with Gasteiger partial charge in [0.2, 0.25) is 0 Å². The minimum atomic E-state index is -0.614. The SMILES string of the molecule is C=C(C)C(=O)OC([SiH3])(CC)O[SiH2]C. The number of carbonyl (C=O) groups excluding carboxylic acids is 1. The fraction of sp³-hybridized carbons (Fsp3) is 0.625. The Morgan fingerprint density at radius 2 is 2.23 bits per heavy atom. The molecule has 0 radical (unpaired) electrons. The molecule has 1 atom stereocenters. The van der Waals surface area contributed by atoms with Crippen molar-refractivity contribution in [2.45, 2.75) is 32.2 Å². The number of esters is 1. The van der Waals surface area contributed by atoms with Crippen molar-refractivity contribution in [3.05, 3.63) is 12.2 Å². The van der Waals surface area contributed by atoms with E-state index in [1.54, 1.807) is 6.92 Å². The zero-order valence-electron chi connectivity index (χ0n) is 8.85. The van der Waals surface area contributed by atoms with E-state index in [9.17, 15) is 4.79 Å². The Kier molecular flexibility index (Phi) is 5.20. The van der Waals surface area contributed by atoms with Crippen LogP contribution < -0.4 is 0 Å². The van der Waals surface area contributed by atoms with E-state index in [2.05, 4.69) is 6.58 Å². The smallest absolute Gasteiger partial charge is 0.335 e. The minimum absolute atomic E-state index is 0.348. The number of hydrogen-bond acceptors (Lipinski definition) is 3. The largest absolute Gasteiger partial charge is 0.436 e. The van der Waals surface area contributed by atoms with Crippen molar-refractivity contribution in [2.24, 2.45) is 0 Å². The Bertz CT molecular complexity index is 206. The summed E-state index contributed by atoms with van der Waals surface area (Å²) in [7, 11) is 0.160. The molecule has 0 saturated carbocycles. The number of ether oxygens (including phenoxy) is 1. The van der Waals surface area contributed by atoms with E-state index in [0.29, 0.717) is 15.8 Å². The summed E-state index contributed by atoms with van der Waals surface area (Å²) in [4.78, 5) is 11.2. The van der Waals surface area contributed by atoms with E-state index in [4.69, 9.17) is 9.16 Å². The molecule has 0 fully saturated rings. The summed E-state index contributed by atoms with van der Waals surface area (Å²) in [5, 5.41) is 0. The molecule has 0 amide bonds. The molecule has 0 saturated heterocycles. The molecular weight excluding hydrogens is 200 g/mol. The molecule has 0 bridgehead atoms. The second kappa shape index (κ2) is 5.36. The van der Waals surface area contributed by atoms with Crippen molar-refractivity contribution in [1.29, 1.82) is 0 Å². The molecule has 0 aliphatic rings. The maximum absolute atomic E-state index is 11.2. The van der Waals surface area contributed by atoms with Crippen molar-refractivity contribution in [3.8, 4) is 0 Å². The first-order chi connectivity index (χ1) is 5.95. The number of carbonyl (C=O) groups is 1. The van der Waals surface area contributed by atoms with Gasteiger partial charge in [0.1, 0.15) is 0 Å². The molecule has 1 unspecified atom stereocenters. The van der Waals surface area contributed by atoms with E-state index in [-0.39, 0.29) is 5.97 Å². The lowest BCUT2D eigenvalue weighted by molar-refractivity contribution is -0.168. The Balaban J connectivity index is 4.26. The van der Waals surface area contributed by atoms with Gasteiger partial charge in [-0.2, -0.15) is 0 Å². The van der Waals surface area contributed by atoms with Crippen LogP contribution in [0.25, 0.3) is 0 Å². The highest BCUT2D eigenvalue weighted by Crippen LogP contribution is 2.14. The fourth-order valence-electron chi connectivity index (χ4n) is 0.792. The van der Waals surface area contributed by atoms with Gasteiger partial charge in [-0.05, 0) is 6.92 Å². The minimum Gasteiger partial charge on any atom is -0.436 e. The van der Waals surface area contributed by atoms with Crippen molar-refractivity contribution in [3.63, 3.8) is 0 Å². The molecule has 76 valence electrons. The van der Waals surface area contributed by atoms with Gasteiger partial charge >= 0.3 is 5.97 Å². The third-order valence-electron chi connectivity index (χ3n) is 1.75. The maximum Gasteiger partial charge on any atom is 0.335 e. The Morgan fingerprint density at radius 3 is 2.54 bits per heavy atom. The van der Waals surface area contributed by atoms with Gasteiger partial charge in [0.25, 0.3) is 0 Å². The molecule has 0 aromatic rings. The van der Waals surface area contributed by atoms with Crippen molar-refractivity contribution in [2.75, 3.05) is 0 Å². The Hall–Kier alpha value is -0.396. The van der Waals surface area contributed by atoms with Gasteiger partial charge in [-0.1, -0.05) is 20.0 Å². The van der Waals surface area contributed by atoms with Gasteiger partial charge in [0, 0.05) is 12.0 Å². The van der Waals surface area contributed by atoms with Crippen LogP contribution in [-0.4, -0.2) is 31.4 Å². The summed E-state index contributed by atoms with van der Waals surface area (Å²) in [6, 6.07) is 0. The highest BCUT2D eigenvalue weighted by Gasteiger charge is 2.26. The van der Waals surface area contributed by atoms with Gasteiger partial charge in [0.05, 0.1) is 10.2 Å². The average molecular weight is 218 g/mol. The summed E-state index contributed by atoms with van der Waals surface area (Å²) in [5.74, 6) is -0.348. The van der Waals surface area contributed by atoms with Crippen LogP contribution >= 0.6 is 0 Å². The fourth-order valence-corrected chi connectivity index (χ4v) is 2.72. The molecule has 0 aromatic carbocycles. The zero-order chi connectivity index (χ0) is 10.5. The molecule has 0 heterocycles. The highest BCUT2D eigenvalue weighted by atomic mass is 28.2. The van der Waals surface area contributed by atoms with E-state index in [0.717, 1.165) is 6.42 Å². The average Bonchev–Trinajstić information content (AvgIpc) is 2.04. The molecule has 0 aliphatic heterocycles. The molecule has 13 heavy (non-hydrogen) atoms. The quantitative estimate of drug-likeness (QED) is 0.275. The van der Waals surface area contributed by atoms with Crippen LogP contribution in [0.3, 0.4) is 0 Å². The van der Waals surface area contributed by atoms with Crippen LogP contribution in [-0.2, 0) is 14.0 Å². The lowest BCUT2D eigenvalue weighted by Crippen LogP contribution is -2.39. The van der Waals surface area contributed by atoms with Gasteiger partial charge in [-0.15, -0.1) is 0 Å². The predicted molar refractivity (Wildman–Crippen MR) is 59.4 cm³/mol. The second-order valence-corrected chi connectivity index (χ2v) is 5.48. The summed E-state index contributed by atoms with van der Waals surface area (Å²) in [6.07, 6.45) is 0.721. The standard InChI is InChI=1S/C8H18O3Si2/c1-5-8(12,11-13-4)10-7(9)6(2)3/h2,5,13H2,1,3-4,12H3. The summed E-state index contributed by atoms with van der Waals surface area (Å²) in [5.41, 5.74) is -0.188. The topological polar surface area (TPSA) is 35.5 Å². The normalized spacial score (nSPS) is 15.9. The Morgan fingerprint density at radius 1 is 1.69 bits per heavy atom. The molecule has 0 N–H and O–H groups in total. The van der Waals surface area contributed by atoms with E-state index >= 15 is 0 Å². The number of hydrogen-bond donors (Lipinski definition) is 0. The first-order valence-corrected chi connectivity index (χ1v) is 7.47. The zero-order valence-corrected chi connectivity index (χ0v) is 12.3. The summed E-state index contributed by atoms with van der Waals surface area (Å²) >= 11 is 0. The number of rotatable bonds is 5. The van der Waals surface area contributed by atoms with Crippen LogP contribution in [0.5, 0.6) is 0 Å². The van der Waals surface area contributed by atoms with Crippen LogP contribution in [0.15, 0.2) is 12.2 Å². The molecular formula is C8H18O3Si2. The van der Waals surface area contributed by atoms with Crippen LogP contribution in [0.1, 0.15) is 20.3 Å². The van der Waals surface area contributed by atoms with Gasteiger partial charge < -0.3 is 9.16 Å². The lowest BCUT2D eigenvalue weighted by Gasteiger charge is -2.28. The van der Waals surface area contributed by atoms with Gasteiger partial charge in [0.15, 0.2) is 15.2 Å². The summed E-state index contributed by atoms with van der Waals surface area (Å²) in [6.45, 7) is 9.16. The van der Waals surface area contributed by atoms with E-state index < -0.39 is 15.2 Å². The van der Waals surface area contributed by atoms with Crippen LogP contribution in [0.4, 0.5) is 0 Å². The van der Waals surface area contributed by atoms with Crippen LogP contribution in [0.2, 0.25) is 6.55 Å². The predicted octanol–water partition coefficient (Wildman–Crippen LogP) is -0.317. The maximum atomic E-state index is 11.2. The molecule has 0 aromatic heterocycles. The lowest BCUT2D eigenvalue weighted by atomic mass is 10.3. The third kappa shape index (κ3) is 4.40. The molecule has 0 rings (SSSR count). The van der Waals surface area contributed by atoms with Gasteiger partial charge in [-0.3, -0.25) is 0 Å². The van der Waals surface area contributed by atoms with Gasteiger partial charge in [-0.25, -0.2) is 4.79 Å². The first-order valence-electron chi connectivity index (χ1n) is 4.48. The third-order valence-corrected chi connectivity index (χ3v) is 4.43. The van der Waals surface area contributed by atoms with E-state index in [1.807, 2.05) is 13.5 Å². The second-order valence-electron chi connectivity index (χ2n) is 3.09. The highest BCUT2D eigenvalue weighted by molar-refractivity contribution is 6.27. The monoisotopic (exact) mass is 218 g/mol.